The van der Waals surface area contributed by atoms with Gasteiger partial charge in [0, 0.05) is 11.1 Å². The van der Waals surface area contributed by atoms with Crippen LogP contribution in [0.25, 0.3) is 0 Å². The number of urea groups is 1. The van der Waals surface area contributed by atoms with Gasteiger partial charge in [0.1, 0.15) is 12.1 Å². The van der Waals surface area contributed by atoms with Gasteiger partial charge in [-0.25, -0.2) is 4.79 Å². The summed E-state index contributed by atoms with van der Waals surface area (Å²) in [5, 5.41) is 6.45. The lowest BCUT2D eigenvalue weighted by molar-refractivity contribution is -0.135. The first-order valence-corrected chi connectivity index (χ1v) is 7.27. The first-order valence-electron chi connectivity index (χ1n) is 7.27. The summed E-state index contributed by atoms with van der Waals surface area (Å²) in [4.78, 5) is 26.2. The number of hydrogen-bond acceptors (Lipinski definition) is 4. The largest absolute Gasteiger partial charge is 0.500 e. The monoisotopic (exact) mass is 295 g/mol. The summed E-state index contributed by atoms with van der Waals surface area (Å²) >= 11 is 0. The fourth-order valence-electron chi connectivity index (χ4n) is 3.92. The minimum absolute atomic E-state index is 0.150. The molecule has 0 aromatic rings. The molecule has 2 saturated heterocycles. The molecule has 2 aliphatic heterocycles. The molecule has 2 rings (SSSR count). The van der Waals surface area contributed by atoms with Crippen LogP contribution in [0.2, 0.25) is 0 Å². The molecule has 6 heteroatoms. The fourth-order valence-corrected chi connectivity index (χ4v) is 3.92. The predicted molar refractivity (Wildman–Crippen MR) is 79.7 cm³/mol. The Morgan fingerprint density at radius 2 is 1.81 bits per heavy atom. The van der Waals surface area contributed by atoms with E-state index in [1.165, 1.54) is 11.2 Å². The average Bonchev–Trinajstić information content (AvgIpc) is 2.48. The van der Waals surface area contributed by atoms with Gasteiger partial charge in [-0.05, 0) is 40.5 Å². The SMILES string of the molecule is C=COCCN1C(=O)NC2(CC(C)(C)NC(C)(C)C2)C1=O. The number of imide groups is 1. The van der Waals surface area contributed by atoms with Gasteiger partial charge < -0.3 is 15.4 Å². The molecule has 2 heterocycles. The molecule has 0 atom stereocenters. The van der Waals surface area contributed by atoms with Crippen molar-refractivity contribution in [2.45, 2.75) is 57.2 Å². The van der Waals surface area contributed by atoms with E-state index in [-0.39, 0.29) is 36.2 Å². The summed E-state index contributed by atoms with van der Waals surface area (Å²) in [6.45, 7) is 12.2. The van der Waals surface area contributed by atoms with Crippen molar-refractivity contribution < 1.29 is 14.3 Å². The lowest BCUT2D eigenvalue weighted by Crippen LogP contribution is -2.68. The average molecular weight is 295 g/mol. The van der Waals surface area contributed by atoms with Crippen LogP contribution in [0.15, 0.2) is 12.8 Å². The van der Waals surface area contributed by atoms with Gasteiger partial charge in [0.05, 0.1) is 12.8 Å². The van der Waals surface area contributed by atoms with E-state index in [9.17, 15) is 9.59 Å². The molecule has 2 N–H and O–H groups in total. The first-order chi connectivity index (χ1) is 9.61. The Labute approximate surface area is 125 Å². The molecule has 0 bridgehead atoms. The molecule has 0 aliphatic carbocycles. The van der Waals surface area contributed by atoms with Crippen molar-refractivity contribution in [2.75, 3.05) is 13.2 Å². The molecule has 2 fully saturated rings. The number of nitrogens with one attached hydrogen (secondary N) is 2. The summed E-state index contributed by atoms with van der Waals surface area (Å²) < 4.78 is 5.03. The van der Waals surface area contributed by atoms with Gasteiger partial charge in [-0.3, -0.25) is 9.69 Å². The number of amides is 3. The summed E-state index contributed by atoms with van der Waals surface area (Å²) in [6.07, 6.45) is 2.46. The highest BCUT2D eigenvalue weighted by molar-refractivity contribution is 6.07. The Balaban J connectivity index is 2.21. The van der Waals surface area contributed by atoms with Crippen molar-refractivity contribution in [3.05, 3.63) is 12.8 Å². The highest BCUT2D eigenvalue weighted by Crippen LogP contribution is 2.39. The van der Waals surface area contributed by atoms with Gasteiger partial charge in [0.25, 0.3) is 5.91 Å². The molecule has 3 amide bonds. The van der Waals surface area contributed by atoms with E-state index in [4.69, 9.17) is 4.74 Å². The van der Waals surface area contributed by atoms with Crippen LogP contribution < -0.4 is 10.6 Å². The number of carbonyl (C=O) groups excluding carboxylic acids is 2. The zero-order chi connectivity index (χ0) is 15.9. The maximum atomic E-state index is 12.8. The third-order valence-electron chi connectivity index (χ3n) is 3.96. The van der Waals surface area contributed by atoms with Crippen molar-refractivity contribution in [3.8, 4) is 0 Å². The van der Waals surface area contributed by atoms with E-state index in [0.29, 0.717) is 12.8 Å². The molecule has 0 unspecified atom stereocenters. The zero-order valence-corrected chi connectivity index (χ0v) is 13.3. The van der Waals surface area contributed by atoms with Crippen molar-refractivity contribution in [1.29, 1.82) is 0 Å². The number of rotatable bonds is 4. The van der Waals surface area contributed by atoms with Gasteiger partial charge >= 0.3 is 6.03 Å². The number of nitrogens with zero attached hydrogens (tertiary/aromatic N) is 1. The maximum absolute atomic E-state index is 12.8. The van der Waals surface area contributed by atoms with Crippen LogP contribution in [0.1, 0.15) is 40.5 Å². The van der Waals surface area contributed by atoms with Gasteiger partial charge in [0.2, 0.25) is 0 Å². The number of piperidine rings is 1. The molecule has 0 aromatic carbocycles. The summed E-state index contributed by atoms with van der Waals surface area (Å²) in [5.41, 5.74) is -1.26. The van der Waals surface area contributed by atoms with Gasteiger partial charge in [-0.15, -0.1) is 0 Å². The Bertz CT molecular complexity index is 455. The standard InChI is InChI=1S/C15H25N3O3/c1-6-21-8-7-18-11(19)15(16-12(18)20)9-13(2,3)17-14(4,5)10-15/h6,17H,1,7-10H2,2-5H3,(H,16,20). The van der Waals surface area contributed by atoms with Crippen molar-refractivity contribution >= 4 is 11.9 Å². The maximum Gasteiger partial charge on any atom is 0.325 e. The molecule has 0 aromatic heterocycles. The molecule has 1 spiro atoms. The summed E-state index contributed by atoms with van der Waals surface area (Å²) in [7, 11) is 0. The van der Waals surface area contributed by atoms with Crippen LogP contribution in [0.5, 0.6) is 0 Å². The molecule has 118 valence electrons. The molecular formula is C15H25N3O3. The van der Waals surface area contributed by atoms with E-state index in [2.05, 4.69) is 44.9 Å². The van der Waals surface area contributed by atoms with Crippen LogP contribution in [0.4, 0.5) is 4.79 Å². The Kier molecular flexibility index (Phi) is 3.78. The van der Waals surface area contributed by atoms with Gasteiger partial charge in [-0.1, -0.05) is 6.58 Å². The smallest absolute Gasteiger partial charge is 0.325 e. The molecule has 0 saturated carbocycles. The number of carbonyl (C=O) groups is 2. The van der Waals surface area contributed by atoms with E-state index in [1.807, 2.05) is 0 Å². The van der Waals surface area contributed by atoms with Crippen molar-refractivity contribution in [1.82, 2.24) is 15.5 Å². The number of ether oxygens (including phenoxy) is 1. The topological polar surface area (TPSA) is 70.7 Å². The minimum atomic E-state index is -0.816. The lowest BCUT2D eigenvalue weighted by Gasteiger charge is -2.50. The van der Waals surface area contributed by atoms with Gasteiger partial charge in [0.15, 0.2) is 0 Å². The van der Waals surface area contributed by atoms with Gasteiger partial charge in [-0.2, -0.15) is 0 Å². The van der Waals surface area contributed by atoms with Crippen molar-refractivity contribution in [2.24, 2.45) is 0 Å². The second-order valence-electron chi connectivity index (χ2n) is 7.25. The summed E-state index contributed by atoms with van der Waals surface area (Å²) in [6, 6.07) is -0.332. The highest BCUT2D eigenvalue weighted by Gasteiger charge is 2.58. The van der Waals surface area contributed by atoms with E-state index in [0.717, 1.165) is 0 Å². The molecule has 6 nitrogen and oxygen atoms in total. The van der Waals surface area contributed by atoms with Crippen LogP contribution in [-0.2, 0) is 9.53 Å². The lowest BCUT2D eigenvalue weighted by atomic mass is 9.71. The van der Waals surface area contributed by atoms with Crippen molar-refractivity contribution in [3.63, 3.8) is 0 Å². The Morgan fingerprint density at radius 1 is 1.24 bits per heavy atom. The molecular weight excluding hydrogens is 270 g/mol. The van der Waals surface area contributed by atoms with Crippen LogP contribution in [0.3, 0.4) is 0 Å². The fraction of sp³-hybridized carbons (Fsp3) is 0.733. The van der Waals surface area contributed by atoms with Crippen LogP contribution in [0, 0.1) is 0 Å². The zero-order valence-electron chi connectivity index (χ0n) is 13.3. The van der Waals surface area contributed by atoms with Crippen LogP contribution in [-0.4, -0.2) is 46.6 Å². The quantitative estimate of drug-likeness (QED) is 0.467. The predicted octanol–water partition coefficient (Wildman–Crippen LogP) is 1.38. The highest BCUT2D eigenvalue weighted by atomic mass is 16.5. The minimum Gasteiger partial charge on any atom is -0.500 e. The van der Waals surface area contributed by atoms with E-state index < -0.39 is 5.54 Å². The molecule has 2 aliphatic rings. The second kappa shape index (κ2) is 5.02. The first kappa shape index (κ1) is 15.8. The van der Waals surface area contributed by atoms with E-state index in [1.54, 1.807) is 0 Å². The molecule has 21 heavy (non-hydrogen) atoms. The van der Waals surface area contributed by atoms with E-state index >= 15 is 0 Å². The third-order valence-corrected chi connectivity index (χ3v) is 3.96. The van der Waals surface area contributed by atoms with Crippen LogP contribution >= 0.6 is 0 Å². The Hall–Kier alpha value is -1.56. The third kappa shape index (κ3) is 3.05. The normalized spacial score (nSPS) is 25.8. The number of hydrogen-bond donors (Lipinski definition) is 2. The second-order valence-corrected chi connectivity index (χ2v) is 7.25. The summed E-state index contributed by atoms with van der Waals surface area (Å²) in [5.74, 6) is -0.150. The Morgan fingerprint density at radius 3 is 2.33 bits per heavy atom. The molecule has 0 radical (unpaired) electrons.